The van der Waals surface area contributed by atoms with E-state index in [0.29, 0.717) is 0 Å². The summed E-state index contributed by atoms with van der Waals surface area (Å²) < 4.78 is 5.77. The van der Waals surface area contributed by atoms with E-state index < -0.39 is 0 Å². The zero-order chi connectivity index (χ0) is 13.2. The summed E-state index contributed by atoms with van der Waals surface area (Å²) in [6.45, 7) is 2.65. The first-order chi connectivity index (χ1) is 9.20. The molecule has 3 rings (SSSR count). The van der Waals surface area contributed by atoms with E-state index in [1.54, 1.807) is 6.20 Å². The standard InChI is InChI=1S/C14H16ClN3O/c15-11-3-1-10(2-4-11)13-7-17-14(19-13)9-18-6-5-12(16)8-18/h1-4,7,12H,5-6,8-9,16H2/t12-/m0/s1. The van der Waals surface area contributed by atoms with Crippen LogP contribution in [0.15, 0.2) is 34.9 Å². The van der Waals surface area contributed by atoms with Gasteiger partial charge in [0.25, 0.3) is 0 Å². The first-order valence-electron chi connectivity index (χ1n) is 6.39. The molecule has 2 aromatic rings. The Labute approximate surface area is 117 Å². The van der Waals surface area contributed by atoms with Crippen LogP contribution in [0.1, 0.15) is 12.3 Å². The van der Waals surface area contributed by atoms with Gasteiger partial charge in [0.05, 0.1) is 12.7 Å². The fraction of sp³-hybridized carbons (Fsp3) is 0.357. The second-order valence-electron chi connectivity index (χ2n) is 4.91. The normalized spacial score (nSPS) is 20.0. The summed E-state index contributed by atoms with van der Waals surface area (Å²) >= 11 is 5.87. The number of hydrogen-bond donors (Lipinski definition) is 1. The van der Waals surface area contributed by atoms with E-state index in [1.165, 1.54) is 0 Å². The van der Waals surface area contributed by atoms with Crippen LogP contribution in [0.4, 0.5) is 0 Å². The highest BCUT2D eigenvalue weighted by Gasteiger charge is 2.20. The van der Waals surface area contributed by atoms with Crippen molar-refractivity contribution >= 4 is 11.6 Å². The van der Waals surface area contributed by atoms with Gasteiger partial charge in [0.2, 0.25) is 5.89 Å². The predicted octanol–water partition coefficient (Wildman–Crippen LogP) is 2.53. The minimum Gasteiger partial charge on any atom is -0.439 e. The Kier molecular flexibility index (Phi) is 3.55. The molecule has 1 aliphatic rings. The number of halogens is 1. The maximum absolute atomic E-state index is 5.88. The summed E-state index contributed by atoms with van der Waals surface area (Å²) in [6, 6.07) is 7.83. The Morgan fingerprint density at radius 1 is 1.37 bits per heavy atom. The predicted molar refractivity (Wildman–Crippen MR) is 74.8 cm³/mol. The number of hydrogen-bond acceptors (Lipinski definition) is 4. The highest BCUT2D eigenvalue weighted by atomic mass is 35.5. The van der Waals surface area contributed by atoms with Gasteiger partial charge in [0, 0.05) is 29.7 Å². The average molecular weight is 278 g/mol. The minimum absolute atomic E-state index is 0.283. The van der Waals surface area contributed by atoms with E-state index >= 15 is 0 Å². The van der Waals surface area contributed by atoms with Crippen molar-refractivity contribution in [2.24, 2.45) is 5.73 Å². The maximum Gasteiger partial charge on any atom is 0.209 e. The highest BCUT2D eigenvalue weighted by Crippen LogP contribution is 2.23. The molecule has 0 bridgehead atoms. The Balaban J connectivity index is 1.71. The summed E-state index contributed by atoms with van der Waals surface area (Å²) in [5.74, 6) is 1.51. The first-order valence-corrected chi connectivity index (χ1v) is 6.77. The van der Waals surface area contributed by atoms with Crippen LogP contribution in [-0.2, 0) is 6.54 Å². The molecule has 0 saturated carbocycles. The summed E-state index contributed by atoms with van der Waals surface area (Å²) in [6.07, 6.45) is 2.80. The van der Waals surface area contributed by atoms with Crippen molar-refractivity contribution in [2.75, 3.05) is 13.1 Å². The van der Waals surface area contributed by atoms with Gasteiger partial charge in [-0.1, -0.05) is 11.6 Å². The Morgan fingerprint density at radius 2 is 2.16 bits per heavy atom. The maximum atomic E-state index is 5.88. The van der Waals surface area contributed by atoms with Crippen LogP contribution in [-0.4, -0.2) is 29.0 Å². The quantitative estimate of drug-likeness (QED) is 0.937. The molecule has 19 heavy (non-hydrogen) atoms. The van der Waals surface area contributed by atoms with Crippen molar-refractivity contribution in [1.82, 2.24) is 9.88 Å². The largest absolute Gasteiger partial charge is 0.439 e. The van der Waals surface area contributed by atoms with Crippen LogP contribution in [0.2, 0.25) is 5.02 Å². The van der Waals surface area contributed by atoms with Crippen LogP contribution in [0.5, 0.6) is 0 Å². The smallest absolute Gasteiger partial charge is 0.209 e. The molecule has 0 radical (unpaired) electrons. The SMILES string of the molecule is N[C@H]1CCN(Cc2ncc(-c3ccc(Cl)cc3)o2)C1. The highest BCUT2D eigenvalue weighted by molar-refractivity contribution is 6.30. The van der Waals surface area contributed by atoms with E-state index in [-0.39, 0.29) is 6.04 Å². The molecule has 2 heterocycles. The molecule has 1 atom stereocenters. The topological polar surface area (TPSA) is 55.3 Å². The summed E-state index contributed by atoms with van der Waals surface area (Å²) in [4.78, 5) is 6.59. The Hall–Kier alpha value is -1.36. The van der Waals surface area contributed by atoms with Crippen molar-refractivity contribution in [3.63, 3.8) is 0 Å². The fourth-order valence-electron chi connectivity index (χ4n) is 2.33. The number of nitrogens with zero attached hydrogens (tertiary/aromatic N) is 2. The molecule has 0 unspecified atom stereocenters. The number of benzene rings is 1. The van der Waals surface area contributed by atoms with Crippen molar-refractivity contribution in [3.05, 3.63) is 41.4 Å². The second kappa shape index (κ2) is 5.33. The molecule has 5 heteroatoms. The van der Waals surface area contributed by atoms with Crippen molar-refractivity contribution in [3.8, 4) is 11.3 Å². The van der Waals surface area contributed by atoms with Crippen molar-refractivity contribution in [1.29, 1.82) is 0 Å². The lowest BCUT2D eigenvalue weighted by atomic mass is 10.2. The molecule has 4 nitrogen and oxygen atoms in total. The summed E-state index contributed by atoms with van der Waals surface area (Å²) in [7, 11) is 0. The number of rotatable bonds is 3. The van der Waals surface area contributed by atoms with E-state index in [1.807, 2.05) is 24.3 Å². The molecule has 1 fully saturated rings. The van der Waals surface area contributed by atoms with Gasteiger partial charge in [-0.05, 0) is 30.7 Å². The third-order valence-electron chi connectivity index (χ3n) is 3.35. The first kappa shape index (κ1) is 12.7. The van der Waals surface area contributed by atoms with Gasteiger partial charge in [0.1, 0.15) is 0 Å². The van der Waals surface area contributed by atoms with Gasteiger partial charge >= 0.3 is 0 Å². The molecule has 1 saturated heterocycles. The Bertz CT molecular complexity index is 552. The molecule has 0 aliphatic carbocycles. The van der Waals surface area contributed by atoms with E-state index in [4.69, 9.17) is 21.8 Å². The molecular weight excluding hydrogens is 262 g/mol. The van der Waals surface area contributed by atoms with Gasteiger partial charge in [-0.15, -0.1) is 0 Å². The van der Waals surface area contributed by atoms with Crippen LogP contribution in [0.3, 0.4) is 0 Å². The molecule has 100 valence electrons. The van der Waals surface area contributed by atoms with Gasteiger partial charge in [0.15, 0.2) is 5.76 Å². The summed E-state index contributed by atoms with van der Waals surface area (Å²) in [5, 5.41) is 0.717. The van der Waals surface area contributed by atoms with Gasteiger partial charge < -0.3 is 10.2 Å². The van der Waals surface area contributed by atoms with Crippen molar-refractivity contribution in [2.45, 2.75) is 19.0 Å². The number of aromatic nitrogens is 1. The molecule has 1 aliphatic heterocycles. The lowest BCUT2D eigenvalue weighted by molar-refractivity contribution is 0.289. The molecule has 0 amide bonds. The third kappa shape index (κ3) is 2.97. The number of oxazole rings is 1. The average Bonchev–Trinajstić information content (AvgIpc) is 3.00. The third-order valence-corrected chi connectivity index (χ3v) is 3.60. The molecule has 2 N–H and O–H groups in total. The lowest BCUT2D eigenvalue weighted by Gasteiger charge is -2.11. The van der Waals surface area contributed by atoms with Crippen LogP contribution >= 0.6 is 11.6 Å². The van der Waals surface area contributed by atoms with Gasteiger partial charge in [-0.3, -0.25) is 4.90 Å². The van der Waals surface area contributed by atoms with E-state index in [2.05, 4.69) is 9.88 Å². The molecule has 1 aromatic heterocycles. The van der Waals surface area contributed by atoms with E-state index in [0.717, 1.165) is 48.3 Å². The zero-order valence-electron chi connectivity index (χ0n) is 10.6. The minimum atomic E-state index is 0.283. The Morgan fingerprint density at radius 3 is 2.84 bits per heavy atom. The van der Waals surface area contributed by atoms with Crippen LogP contribution in [0.25, 0.3) is 11.3 Å². The zero-order valence-corrected chi connectivity index (χ0v) is 11.3. The molecule has 1 aromatic carbocycles. The van der Waals surface area contributed by atoms with E-state index in [9.17, 15) is 0 Å². The van der Waals surface area contributed by atoms with Crippen molar-refractivity contribution < 1.29 is 4.42 Å². The van der Waals surface area contributed by atoms with Crippen LogP contribution in [0, 0.1) is 0 Å². The van der Waals surface area contributed by atoms with Crippen LogP contribution < -0.4 is 5.73 Å². The summed E-state index contributed by atoms with van der Waals surface area (Å²) in [5.41, 5.74) is 6.87. The van der Waals surface area contributed by atoms with Gasteiger partial charge in [-0.2, -0.15) is 0 Å². The molecular formula is C14H16ClN3O. The number of likely N-dealkylation sites (tertiary alicyclic amines) is 1. The molecule has 0 spiro atoms. The monoisotopic (exact) mass is 277 g/mol. The lowest BCUT2D eigenvalue weighted by Crippen LogP contribution is -2.26. The second-order valence-corrected chi connectivity index (χ2v) is 5.35. The number of nitrogens with two attached hydrogens (primary N) is 1. The fourth-order valence-corrected chi connectivity index (χ4v) is 2.45. The van der Waals surface area contributed by atoms with Gasteiger partial charge in [-0.25, -0.2) is 4.98 Å².